The second kappa shape index (κ2) is 5.07. The third-order valence-corrected chi connectivity index (χ3v) is 3.13. The number of hydrogen-bond donors (Lipinski definition) is 1. The van der Waals surface area contributed by atoms with Gasteiger partial charge in [-0.1, -0.05) is 23.7 Å². The Bertz CT molecular complexity index is 584. The van der Waals surface area contributed by atoms with E-state index in [0.717, 1.165) is 0 Å². The first-order valence-electron chi connectivity index (χ1n) is 5.62. The summed E-state index contributed by atoms with van der Waals surface area (Å²) in [7, 11) is 1.27. The number of ether oxygens (including phenoxy) is 1. The summed E-state index contributed by atoms with van der Waals surface area (Å²) in [5.74, 6) is -0.278. The predicted molar refractivity (Wildman–Crippen MR) is 70.2 cm³/mol. The van der Waals surface area contributed by atoms with Gasteiger partial charge >= 0.3 is 5.97 Å². The molecule has 0 radical (unpaired) electrons. The van der Waals surface area contributed by atoms with Gasteiger partial charge in [-0.2, -0.15) is 0 Å². The van der Waals surface area contributed by atoms with E-state index in [1.54, 1.807) is 37.3 Å². The zero-order valence-corrected chi connectivity index (χ0v) is 11.3. The number of rotatable bonds is 3. The molecule has 1 N–H and O–H groups in total. The van der Waals surface area contributed by atoms with E-state index in [0.29, 0.717) is 10.6 Å². The molecular formula is C14H13ClO4. The number of hydrogen-bond acceptors (Lipinski definition) is 4. The summed E-state index contributed by atoms with van der Waals surface area (Å²) in [5.41, 5.74) is -0.737. The maximum Gasteiger partial charge on any atom is 0.373 e. The van der Waals surface area contributed by atoms with Crippen LogP contribution in [0.15, 0.2) is 40.8 Å². The third kappa shape index (κ3) is 2.64. The van der Waals surface area contributed by atoms with Crippen LogP contribution in [0.25, 0.3) is 0 Å². The van der Waals surface area contributed by atoms with E-state index < -0.39 is 11.6 Å². The Morgan fingerprint density at radius 1 is 1.26 bits per heavy atom. The summed E-state index contributed by atoms with van der Waals surface area (Å²) in [6.07, 6.45) is 0. The first kappa shape index (κ1) is 13.6. The van der Waals surface area contributed by atoms with Crippen LogP contribution in [0.1, 0.15) is 28.8 Å². The fourth-order valence-electron chi connectivity index (χ4n) is 1.73. The van der Waals surface area contributed by atoms with Crippen molar-refractivity contribution in [2.75, 3.05) is 7.11 Å². The van der Waals surface area contributed by atoms with Gasteiger partial charge in [-0.05, 0) is 36.8 Å². The molecule has 100 valence electrons. The summed E-state index contributed by atoms with van der Waals surface area (Å²) in [5, 5.41) is 11.1. The molecule has 0 saturated heterocycles. The highest BCUT2D eigenvalue weighted by Crippen LogP contribution is 2.31. The van der Waals surface area contributed by atoms with Gasteiger partial charge in [0.2, 0.25) is 5.76 Å². The lowest BCUT2D eigenvalue weighted by atomic mass is 9.93. The summed E-state index contributed by atoms with van der Waals surface area (Å²) in [6.45, 7) is 1.58. The van der Waals surface area contributed by atoms with Gasteiger partial charge in [0.15, 0.2) is 0 Å². The predicted octanol–water partition coefficient (Wildman–Crippen LogP) is 2.98. The van der Waals surface area contributed by atoms with Gasteiger partial charge in [0.1, 0.15) is 11.4 Å². The largest absolute Gasteiger partial charge is 0.463 e. The Labute approximate surface area is 115 Å². The Morgan fingerprint density at radius 3 is 2.47 bits per heavy atom. The molecular weight excluding hydrogens is 268 g/mol. The van der Waals surface area contributed by atoms with E-state index in [9.17, 15) is 9.90 Å². The molecule has 1 aromatic heterocycles. The van der Waals surface area contributed by atoms with Gasteiger partial charge in [0.25, 0.3) is 0 Å². The molecule has 0 saturated carbocycles. The lowest BCUT2D eigenvalue weighted by Crippen LogP contribution is -2.21. The van der Waals surface area contributed by atoms with Crippen LogP contribution in [-0.2, 0) is 10.3 Å². The quantitative estimate of drug-likeness (QED) is 0.878. The lowest BCUT2D eigenvalue weighted by Gasteiger charge is -2.21. The molecule has 1 aromatic carbocycles. The lowest BCUT2D eigenvalue weighted by molar-refractivity contribution is 0.0522. The SMILES string of the molecule is COC(=O)c1ccc(C(C)(O)c2ccc(Cl)cc2)o1. The van der Waals surface area contributed by atoms with Crippen molar-refractivity contribution in [3.05, 3.63) is 58.5 Å². The van der Waals surface area contributed by atoms with E-state index in [1.165, 1.54) is 13.2 Å². The van der Waals surface area contributed by atoms with Gasteiger partial charge in [0, 0.05) is 5.02 Å². The molecule has 0 amide bonds. The molecule has 1 unspecified atom stereocenters. The van der Waals surface area contributed by atoms with Crippen molar-refractivity contribution < 1.29 is 19.1 Å². The van der Waals surface area contributed by atoms with Crippen LogP contribution in [0.5, 0.6) is 0 Å². The summed E-state index contributed by atoms with van der Waals surface area (Å²) < 4.78 is 9.88. The van der Waals surface area contributed by atoms with Crippen molar-refractivity contribution in [3.63, 3.8) is 0 Å². The molecule has 0 aliphatic carbocycles. The van der Waals surface area contributed by atoms with Crippen molar-refractivity contribution in [1.29, 1.82) is 0 Å². The smallest absolute Gasteiger partial charge is 0.373 e. The fourth-order valence-corrected chi connectivity index (χ4v) is 1.85. The third-order valence-electron chi connectivity index (χ3n) is 2.88. The molecule has 2 rings (SSSR count). The molecule has 4 nitrogen and oxygen atoms in total. The van der Waals surface area contributed by atoms with Crippen LogP contribution < -0.4 is 0 Å². The molecule has 5 heteroatoms. The van der Waals surface area contributed by atoms with Crippen molar-refractivity contribution in [2.45, 2.75) is 12.5 Å². The number of esters is 1. The first-order valence-corrected chi connectivity index (χ1v) is 6.00. The zero-order valence-electron chi connectivity index (χ0n) is 10.5. The van der Waals surface area contributed by atoms with Gasteiger partial charge in [-0.25, -0.2) is 4.79 Å². The van der Waals surface area contributed by atoms with Gasteiger partial charge in [-0.3, -0.25) is 0 Å². The minimum absolute atomic E-state index is 0.0479. The fraction of sp³-hybridized carbons (Fsp3) is 0.214. The van der Waals surface area contributed by atoms with Crippen LogP contribution in [0.2, 0.25) is 5.02 Å². The molecule has 0 spiro atoms. The van der Waals surface area contributed by atoms with Gasteiger partial charge in [0.05, 0.1) is 7.11 Å². The number of aliphatic hydroxyl groups is 1. The number of halogens is 1. The van der Waals surface area contributed by atoms with Crippen LogP contribution in [0.3, 0.4) is 0 Å². The number of methoxy groups -OCH3 is 1. The van der Waals surface area contributed by atoms with Crippen LogP contribution in [-0.4, -0.2) is 18.2 Å². The summed E-state index contributed by atoms with van der Waals surface area (Å²) >= 11 is 5.81. The van der Waals surface area contributed by atoms with Crippen LogP contribution in [0, 0.1) is 0 Å². The minimum atomic E-state index is -1.35. The molecule has 2 aromatic rings. The molecule has 19 heavy (non-hydrogen) atoms. The number of benzene rings is 1. The van der Waals surface area contributed by atoms with Crippen LogP contribution in [0.4, 0.5) is 0 Å². The maximum atomic E-state index is 11.3. The normalized spacial score (nSPS) is 13.9. The first-order chi connectivity index (χ1) is 8.95. The van der Waals surface area contributed by atoms with E-state index >= 15 is 0 Å². The maximum absolute atomic E-state index is 11.3. The molecule has 0 bridgehead atoms. The van der Waals surface area contributed by atoms with Crippen molar-refractivity contribution in [1.82, 2.24) is 0 Å². The van der Waals surface area contributed by atoms with Gasteiger partial charge in [-0.15, -0.1) is 0 Å². The van der Waals surface area contributed by atoms with Gasteiger partial charge < -0.3 is 14.3 Å². The van der Waals surface area contributed by atoms with E-state index in [1.807, 2.05) is 0 Å². The Kier molecular flexibility index (Phi) is 3.64. The van der Waals surface area contributed by atoms with E-state index in [4.69, 9.17) is 16.0 Å². The topological polar surface area (TPSA) is 59.7 Å². The second-order valence-corrected chi connectivity index (χ2v) is 4.67. The summed E-state index contributed by atoms with van der Waals surface area (Å²) in [6, 6.07) is 9.75. The molecule has 0 aliphatic rings. The number of carbonyl (C=O) groups is 1. The molecule has 1 heterocycles. The van der Waals surface area contributed by atoms with E-state index in [2.05, 4.69) is 4.74 Å². The highest BCUT2D eigenvalue weighted by atomic mass is 35.5. The Balaban J connectivity index is 2.36. The Morgan fingerprint density at radius 2 is 1.89 bits per heavy atom. The average Bonchev–Trinajstić information content (AvgIpc) is 2.88. The molecule has 0 fully saturated rings. The van der Waals surface area contributed by atoms with Crippen molar-refractivity contribution in [2.24, 2.45) is 0 Å². The van der Waals surface area contributed by atoms with Crippen molar-refractivity contribution >= 4 is 17.6 Å². The minimum Gasteiger partial charge on any atom is -0.463 e. The highest BCUT2D eigenvalue weighted by molar-refractivity contribution is 6.30. The molecule has 1 atom stereocenters. The Hall–Kier alpha value is -1.78. The standard InChI is InChI=1S/C14H13ClO4/c1-14(17,9-3-5-10(15)6-4-9)12-8-7-11(19-12)13(16)18-2/h3-8,17H,1-2H3. The number of furan rings is 1. The average molecular weight is 281 g/mol. The second-order valence-electron chi connectivity index (χ2n) is 4.23. The monoisotopic (exact) mass is 280 g/mol. The highest BCUT2D eigenvalue weighted by Gasteiger charge is 2.30. The number of carbonyl (C=O) groups excluding carboxylic acids is 1. The summed E-state index contributed by atoms with van der Waals surface area (Å²) in [4.78, 5) is 11.3. The van der Waals surface area contributed by atoms with E-state index in [-0.39, 0.29) is 11.5 Å². The zero-order chi connectivity index (χ0) is 14.0. The van der Waals surface area contributed by atoms with Crippen LogP contribution >= 0.6 is 11.6 Å². The van der Waals surface area contributed by atoms with Crippen molar-refractivity contribution in [3.8, 4) is 0 Å². The molecule has 0 aliphatic heterocycles.